The molecule has 2 N–H and O–H groups in total. The van der Waals surface area contributed by atoms with Crippen molar-refractivity contribution in [3.63, 3.8) is 0 Å². The van der Waals surface area contributed by atoms with Crippen LogP contribution in [0.1, 0.15) is 27.3 Å². The first-order valence-corrected chi connectivity index (χ1v) is 13.3. The van der Waals surface area contributed by atoms with Crippen LogP contribution in [0.3, 0.4) is 0 Å². The van der Waals surface area contributed by atoms with Crippen molar-refractivity contribution in [3.05, 3.63) is 118 Å². The van der Waals surface area contributed by atoms with Crippen LogP contribution in [0.4, 0.5) is 5.82 Å². The average molecular weight is 585 g/mol. The fourth-order valence-corrected chi connectivity index (χ4v) is 4.98. The van der Waals surface area contributed by atoms with E-state index in [2.05, 4.69) is 63.2 Å². The maximum atomic E-state index is 12.8. The molecule has 5 aromatic rings. The second kappa shape index (κ2) is 10.8. The number of aromatic nitrogens is 3. The first-order chi connectivity index (χ1) is 18.3. The van der Waals surface area contributed by atoms with Gasteiger partial charge < -0.3 is 9.88 Å². The third-order valence-electron chi connectivity index (χ3n) is 6.36. The standard InChI is InChI=1S/C30H26BrN5OS/c1-19-9-7-8-12-25(19)29(37)33-30(38)32-28-18-27(34-36(28)24-10-5-4-6-11-24)26-17-20(2)35(21(26)3)23-15-13-22(31)14-16-23/h4-18H,1-3H3,(H2,32,33,37,38). The summed E-state index contributed by atoms with van der Waals surface area (Å²) in [5.74, 6) is 0.388. The molecule has 0 fully saturated rings. The van der Waals surface area contributed by atoms with Gasteiger partial charge in [0.1, 0.15) is 5.82 Å². The molecule has 0 unspecified atom stereocenters. The molecule has 190 valence electrons. The molecule has 5 rings (SSSR count). The molecule has 2 aromatic heterocycles. The Morgan fingerprint density at radius 2 is 1.55 bits per heavy atom. The quantitative estimate of drug-likeness (QED) is 0.216. The van der Waals surface area contributed by atoms with Crippen molar-refractivity contribution >= 4 is 45.0 Å². The Balaban J connectivity index is 1.49. The van der Waals surface area contributed by atoms with Gasteiger partial charge in [-0.05, 0) is 87.1 Å². The molecule has 0 bridgehead atoms. The summed E-state index contributed by atoms with van der Waals surface area (Å²) in [6, 6.07) is 29.5. The number of thiocarbonyl (C=S) groups is 1. The summed E-state index contributed by atoms with van der Waals surface area (Å²) >= 11 is 9.04. The van der Waals surface area contributed by atoms with Crippen LogP contribution in [0.25, 0.3) is 22.6 Å². The normalized spacial score (nSPS) is 10.8. The van der Waals surface area contributed by atoms with Gasteiger partial charge in [-0.15, -0.1) is 0 Å². The number of anilines is 1. The van der Waals surface area contributed by atoms with E-state index in [4.69, 9.17) is 17.3 Å². The number of rotatable bonds is 5. The number of hydrogen-bond acceptors (Lipinski definition) is 3. The van der Waals surface area contributed by atoms with Crippen molar-refractivity contribution in [2.45, 2.75) is 20.8 Å². The first kappa shape index (κ1) is 25.6. The van der Waals surface area contributed by atoms with E-state index in [-0.39, 0.29) is 11.0 Å². The average Bonchev–Trinajstić information content (AvgIpc) is 3.45. The van der Waals surface area contributed by atoms with Gasteiger partial charge in [0.15, 0.2) is 5.11 Å². The first-order valence-electron chi connectivity index (χ1n) is 12.1. The van der Waals surface area contributed by atoms with Crippen LogP contribution >= 0.6 is 28.1 Å². The highest BCUT2D eigenvalue weighted by molar-refractivity contribution is 9.10. The van der Waals surface area contributed by atoms with Gasteiger partial charge in [-0.3, -0.25) is 10.1 Å². The van der Waals surface area contributed by atoms with E-state index in [9.17, 15) is 4.79 Å². The molecular formula is C30H26BrN5OS. The van der Waals surface area contributed by atoms with E-state index in [1.54, 1.807) is 10.7 Å². The van der Waals surface area contributed by atoms with E-state index >= 15 is 0 Å². The van der Waals surface area contributed by atoms with Crippen LogP contribution < -0.4 is 10.6 Å². The lowest BCUT2D eigenvalue weighted by Crippen LogP contribution is -2.35. The van der Waals surface area contributed by atoms with Crippen molar-refractivity contribution in [3.8, 4) is 22.6 Å². The SMILES string of the molecule is Cc1ccccc1C(=O)NC(=S)Nc1cc(-c2cc(C)n(-c3ccc(Br)cc3)c2C)nn1-c1ccccc1. The highest BCUT2D eigenvalue weighted by atomic mass is 79.9. The molecule has 0 spiro atoms. The highest BCUT2D eigenvalue weighted by Gasteiger charge is 2.19. The summed E-state index contributed by atoms with van der Waals surface area (Å²) in [5.41, 5.74) is 7.39. The Hall–Kier alpha value is -4.01. The Labute approximate surface area is 235 Å². The number of aryl methyl sites for hydroxylation is 2. The minimum absolute atomic E-state index is 0.196. The molecule has 1 amide bonds. The summed E-state index contributed by atoms with van der Waals surface area (Å²) in [5, 5.41) is 11.1. The molecule has 0 saturated carbocycles. The topological polar surface area (TPSA) is 63.9 Å². The minimum atomic E-state index is -0.260. The van der Waals surface area contributed by atoms with Crippen molar-refractivity contribution in [2.24, 2.45) is 0 Å². The van der Waals surface area contributed by atoms with Gasteiger partial charge in [-0.2, -0.15) is 5.10 Å². The number of amides is 1. The van der Waals surface area contributed by atoms with Crippen molar-refractivity contribution < 1.29 is 4.79 Å². The van der Waals surface area contributed by atoms with Gasteiger partial charge in [0.2, 0.25) is 0 Å². The maximum absolute atomic E-state index is 12.8. The fraction of sp³-hybridized carbons (Fsp3) is 0.100. The van der Waals surface area contributed by atoms with Gasteiger partial charge in [-0.25, -0.2) is 4.68 Å². The molecule has 0 atom stereocenters. The minimum Gasteiger partial charge on any atom is -0.318 e. The molecule has 0 aliphatic carbocycles. The number of carbonyl (C=O) groups excluding carboxylic acids is 1. The fourth-order valence-electron chi connectivity index (χ4n) is 4.52. The largest absolute Gasteiger partial charge is 0.318 e. The molecule has 0 saturated heterocycles. The summed E-state index contributed by atoms with van der Waals surface area (Å²) < 4.78 is 5.04. The molecule has 38 heavy (non-hydrogen) atoms. The number of nitrogens with zero attached hydrogens (tertiary/aromatic N) is 3. The summed E-state index contributed by atoms with van der Waals surface area (Å²) in [7, 11) is 0. The second-order valence-corrected chi connectivity index (χ2v) is 10.3. The Kier molecular flexibility index (Phi) is 7.26. The number of halogens is 1. The lowest BCUT2D eigenvalue weighted by atomic mass is 10.1. The molecule has 6 nitrogen and oxygen atoms in total. The monoisotopic (exact) mass is 583 g/mol. The summed E-state index contributed by atoms with van der Waals surface area (Å²) in [4.78, 5) is 12.8. The number of nitrogens with one attached hydrogen (secondary N) is 2. The number of para-hydroxylation sites is 1. The zero-order chi connectivity index (χ0) is 26.8. The number of benzene rings is 3. The third-order valence-corrected chi connectivity index (χ3v) is 7.09. The van der Waals surface area contributed by atoms with Gasteiger partial charge in [-0.1, -0.05) is 52.3 Å². The van der Waals surface area contributed by atoms with Gasteiger partial charge in [0.25, 0.3) is 5.91 Å². The van der Waals surface area contributed by atoms with Crippen molar-refractivity contribution in [2.75, 3.05) is 5.32 Å². The van der Waals surface area contributed by atoms with Crippen LogP contribution in [0.2, 0.25) is 0 Å². The van der Waals surface area contributed by atoms with Crippen molar-refractivity contribution in [1.29, 1.82) is 0 Å². The van der Waals surface area contributed by atoms with E-state index < -0.39 is 0 Å². The van der Waals surface area contributed by atoms with E-state index in [0.717, 1.165) is 44.1 Å². The molecule has 0 aliphatic heterocycles. The molecule has 2 heterocycles. The Morgan fingerprint density at radius 1 is 0.868 bits per heavy atom. The number of carbonyl (C=O) groups is 1. The number of hydrogen-bond donors (Lipinski definition) is 2. The molecular weight excluding hydrogens is 558 g/mol. The summed E-state index contributed by atoms with van der Waals surface area (Å²) in [6.07, 6.45) is 0. The van der Waals surface area contributed by atoms with E-state index in [1.165, 1.54) is 0 Å². The lowest BCUT2D eigenvalue weighted by molar-refractivity contribution is 0.0977. The molecule has 0 aliphatic rings. The Bertz CT molecular complexity index is 1640. The molecule has 3 aromatic carbocycles. The van der Waals surface area contributed by atoms with Crippen LogP contribution in [0.15, 0.2) is 95.5 Å². The lowest BCUT2D eigenvalue weighted by Gasteiger charge is -2.12. The van der Waals surface area contributed by atoms with Crippen LogP contribution in [-0.4, -0.2) is 25.4 Å². The van der Waals surface area contributed by atoms with Gasteiger partial charge in [0.05, 0.1) is 11.4 Å². The van der Waals surface area contributed by atoms with Crippen molar-refractivity contribution in [1.82, 2.24) is 19.7 Å². The van der Waals surface area contributed by atoms with Crippen LogP contribution in [0.5, 0.6) is 0 Å². The zero-order valence-electron chi connectivity index (χ0n) is 21.2. The second-order valence-electron chi connectivity index (χ2n) is 8.98. The van der Waals surface area contributed by atoms with Gasteiger partial charge in [0, 0.05) is 38.7 Å². The van der Waals surface area contributed by atoms with E-state index in [1.807, 2.05) is 73.7 Å². The smallest absolute Gasteiger partial charge is 0.257 e. The molecule has 0 radical (unpaired) electrons. The Morgan fingerprint density at radius 3 is 2.26 bits per heavy atom. The maximum Gasteiger partial charge on any atom is 0.257 e. The van der Waals surface area contributed by atoms with Gasteiger partial charge >= 0.3 is 0 Å². The molecule has 8 heteroatoms. The van der Waals surface area contributed by atoms with Crippen LogP contribution in [0, 0.1) is 20.8 Å². The zero-order valence-corrected chi connectivity index (χ0v) is 23.6. The summed E-state index contributed by atoms with van der Waals surface area (Å²) in [6.45, 7) is 6.07. The third kappa shape index (κ3) is 5.18. The highest BCUT2D eigenvalue weighted by Crippen LogP contribution is 2.31. The predicted octanol–water partition coefficient (Wildman–Crippen LogP) is 7.14. The van der Waals surface area contributed by atoms with Crippen LogP contribution in [-0.2, 0) is 0 Å². The van der Waals surface area contributed by atoms with E-state index in [0.29, 0.717) is 11.4 Å². The predicted molar refractivity (Wildman–Crippen MR) is 160 cm³/mol.